The van der Waals surface area contributed by atoms with Gasteiger partial charge in [0, 0.05) is 6.54 Å². The molecule has 0 aliphatic rings. The number of para-hydroxylation sites is 1. The molecule has 1 N–H and O–H groups in total. The molecule has 106 valence electrons. The van der Waals surface area contributed by atoms with Crippen LogP contribution in [0.1, 0.15) is 6.42 Å². The molecule has 0 saturated carbocycles. The van der Waals surface area contributed by atoms with Crippen molar-refractivity contribution in [2.45, 2.75) is 10.8 Å². The molecule has 1 aromatic carbocycles. The Hall–Kier alpha value is -1.60. The molecular formula is C13H14N2O3S2. The number of ether oxygens (including phenoxy) is 1. The summed E-state index contributed by atoms with van der Waals surface area (Å²) in [7, 11) is 1.33. The summed E-state index contributed by atoms with van der Waals surface area (Å²) in [5, 5.41) is 2.67. The Labute approximate surface area is 124 Å². The summed E-state index contributed by atoms with van der Waals surface area (Å²) in [6.45, 7) is 0.298. The zero-order valence-electron chi connectivity index (χ0n) is 10.9. The lowest BCUT2D eigenvalue weighted by Crippen LogP contribution is -2.27. The van der Waals surface area contributed by atoms with E-state index in [-0.39, 0.29) is 18.3 Å². The molecule has 5 nitrogen and oxygen atoms in total. The van der Waals surface area contributed by atoms with Gasteiger partial charge in [0.05, 0.1) is 29.5 Å². The van der Waals surface area contributed by atoms with Crippen molar-refractivity contribution in [2.24, 2.45) is 0 Å². The predicted molar refractivity (Wildman–Crippen MR) is 80.0 cm³/mol. The molecular weight excluding hydrogens is 296 g/mol. The van der Waals surface area contributed by atoms with E-state index >= 15 is 0 Å². The number of thiazole rings is 1. The lowest BCUT2D eigenvalue weighted by atomic mass is 10.3. The quantitative estimate of drug-likeness (QED) is 0.653. The standard InChI is InChI=1S/C13H14N2O3S2/c1-18-12(17)6-7-14-11(16)8-19-13-15-9-4-2-3-5-10(9)20-13/h2-5H,6-8H2,1H3,(H,14,16). The van der Waals surface area contributed by atoms with Crippen molar-refractivity contribution in [3.05, 3.63) is 24.3 Å². The van der Waals surface area contributed by atoms with Gasteiger partial charge in [0.25, 0.3) is 0 Å². The van der Waals surface area contributed by atoms with Crippen molar-refractivity contribution >= 4 is 45.2 Å². The Morgan fingerprint density at radius 2 is 2.20 bits per heavy atom. The van der Waals surface area contributed by atoms with E-state index in [2.05, 4.69) is 15.0 Å². The molecule has 2 aromatic rings. The van der Waals surface area contributed by atoms with Gasteiger partial charge < -0.3 is 10.1 Å². The number of rotatable bonds is 6. The monoisotopic (exact) mass is 310 g/mol. The minimum absolute atomic E-state index is 0.113. The maximum atomic E-state index is 11.6. The average molecular weight is 310 g/mol. The van der Waals surface area contributed by atoms with Gasteiger partial charge in [0.1, 0.15) is 0 Å². The van der Waals surface area contributed by atoms with E-state index in [0.29, 0.717) is 12.3 Å². The number of carbonyl (C=O) groups is 2. The number of aromatic nitrogens is 1. The molecule has 1 amide bonds. The molecule has 0 fully saturated rings. The van der Waals surface area contributed by atoms with E-state index in [4.69, 9.17) is 0 Å². The first kappa shape index (κ1) is 14.8. The van der Waals surface area contributed by atoms with Crippen LogP contribution in [0.2, 0.25) is 0 Å². The molecule has 0 aliphatic heterocycles. The second-order valence-corrected chi connectivity index (χ2v) is 6.17. The molecule has 0 unspecified atom stereocenters. The fourth-order valence-electron chi connectivity index (χ4n) is 1.50. The van der Waals surface area contributed by atoms with Crippen LogP contribution in [0.15, 0.2) is 28.6 Å². The zero-order chi connectivity index (χ0) is 14.4. The first-order chi connectivity index (χ1) is 9.69. The summed E-state index contributed by atoms with van der Waals surface area (Å²) in [5.74, 6) is -0.150. The second-order valence-electron chi connectivity index (χ2n) is 3.91. The van der Waals surface area contributed by atoms with Gasteiger partial charge in [-0.05, 0) is 12.1 Å². The highest BCUT2D eigenvalue weighted by atomic mass is 32.2. The number of nitrogens with zero attached hydrogens (tertiary/aromatic N) is 1. The topological polar surface area (TPSA) is 68.3 Å². The van der Waals surface area contributed by atoms with E-state index in [0.717, 1.165) is 14.6 Å². The highest BCUT2D eigenvalue weighted by Gasteiger charge is 2.08. The number of hydrogen-bond acceptors (Lipinski definition) is 6. The highest BCUT2D eigenvalue weighted by molar-refractivity contribution is 8.01. The maximum absolute atomic E-state index is 11.6. The van der Waals surface area contributed by atoms with Gasteiger partial charge in [-0.1, -0.05) is 23.9 Å². The van der Waals surface area contributed by atoms with Crippen LogP contribution in [0.25, 0.3) is 10.2 Å². The van der Waals surface area contributed by atoms with Crippen molar-refractivity contribution in [1.29, 1.82) is 0 Å². The number of benzene rings is 1. The van der Waals surface area contributed by atoms with Crippen molar-refractivity contribution in [1.82, 2.24) is 10.3 Å². The fraction of sp³-hybridized carbons (Fsp3) is 0.308. The van der Waals surface area contributed by atoms with Crippen molar-refractivity contribution in [3.8, 4) is 0 Å². The number of amides is 1. The predicted octanol–water partition coefficient (Wildman–Crippen LogP) is 2.07. The van der Waals surface area contributed by atoms with Crippen LogP contribution < -0.4 is 5.32 Å². The van der Waals surface area contributed by atoms with Gasteiger partial charge >= 0.3 is 5.97 Å². The summed E-state index contributed by atoms with van der Waals surface area (Å²) >= 11 is 2.97. The third-order valence-corrected chi connectivity index (χ3v) is 4.66. The molecule has 2 rings (SSSR count). The molecule has 0 atom stereocenters. The largest absolute Gasteiger partial charge is 0.469 e. The fourth-order valence-corrected chi connectivity index (χ4v) is 3.40. The van der Waals surface area contributed by atoms with Crippen LogP contribution in [0.3, 0.4) is 0 Å². The van der Waals surface area contributed by atoms with E-state index < -0.39 is 0 Å². The van der Waals surface area contributed by atoms with Gasteiger partial charge in [-0.15, -0.1) is 11.3 Å². The number of methoxy groups -OCH3 is 1. The molecule has 1 heterocycles. The van der Waals surface area contributed by atoms with Gasteiger partial charge in [-0.3, -0.25) is 9.59 Å². The van der Waals surface area contributed by atoms with Crippen molar-refractivity contribution in [2.75, 3.05) is 19.4 Å². The number of nitrogens with one attached hydrogen (secondary N) is 1. The Balaban J connectivity index is 1.77. The average Bonchev–Trinajstić information content (AvgIpc) is 2.87. The Bertz CT molecular complexity index is 579. The molecule has 0 aliphatic carbocycles. The summed E-state index contributed by atoms with van der Waals surface area (Å²) in [5.41, 5.74) is 0.950. The number of fused-ring (bicyclic) bond motifs is 1. The van der Waals surface area contributed by atoms with Gasteiger partial charge in [0.2, 0.25) is 5.91 Å². The molecule has 0 radical (unpaired) electrons. The minimum atomic E-state index is -0.330. The minimum Gasteiger partial charge on any atom is -0.469 e. The van der Waals surface area contributed by atoms with Crippen LogP contribution in [-0.2, 0) is 14.3 Å². The normalized spacial score (nSPS) is 10.4. The van der Waals surface area contributed by atoms with E-state index in [9.17, 15) is 9.59 Å². The lowest BCUT2D eigenvalue weighted by molar-refractivity contribution is -0.140. The van der Waals surface area contributed by atoms with Gasteiger partial charge in [0.15, 0.2) is 4.34 Å². The van der Waals surface area contributed by atoms with Crippen LogP contribution in [-0.4, -0.2) is 36.3 Å². The van der Waals surface area contributed by atoms with Gasteiger partial charge in [-0.2, -0.15) is 0 Å². The van der Waals surface area contributed by atoms with Crippen LogP contribution in [0.4, 0.5) is 0 Å². The van der Waals surface area contributed by atoms with Crippen LogP contribution in [0, 0.1) is 0 Å². The molecule has 7 heteroatoms. The summed E-state index contributed by atoms with van der Waals surface area (Å²) in [4.78, 5) is 26.9. The summed E-state index contributed by atoms with van der Waals surface area (Å²) in [6, 6.07) is 7.87. The Kier molecular flexibility index (Phi) is 5.37. The highest BCUT2D eigenvalue weighted by Crippen LogP contribution is 2.28. The van der Waals surface area contributed by atoms with E-state index in [1.807, 2.05) is 24.3 Å². The van der Waals surface area contributed by atoms with Crippen molar-refractivity contribution < 1.29 is 14.3 Å². The van der Waals surface area contributed by atoms with Crippen LogP contribution in [0.5, 0.6) is 0 Å². The summed E-state index contributed by atoms with van der Waals surface area (Å²) < 4.78 is 6.47. The number of thioether (sulfide) groups is 1. The Morgan fingerprint density at radius 3 is 2.95 bits per heavy atom. The van der Waals surface area contributed by atoms with Crippen molar-refractivity contribution in [3.63, 3.8) is 0 Å². The number of hydrogen-bond donors (Lipinski definition) is 1. The van der Waals surface area contributed by atoms with E-state index in [1.54, 1.807) is 11.3 Å². The first-order valence-corrected chi connectivity index (χ1v) is 7.81. The number of carbonyl (C=O) groups excluding carboxylic acids is 2. The molecule has 0 bridgehead atoms. The van der Waals surface area contributed by atoms with Crippen LogP contribution >= 0.6 is 23.1 Å². The zero-order valence-corrected chi connectivity index (χ0v) is 12.6. The first-order valence-electron chi connectivity index (χ1n) is 6.01. The second kappa shape index (κ2) is 7.25. The lowest BCUT2D eigenvalue weighted by Gasteiger charge is -2.02. The molecule has 1 aromatic heterocycles. The SMILES string of the molecule is COC(=O)CCNC(=O)CSc1nc2ccccc2s1. The summed E-state index contributed by atoms with van der Waals surface area (Å²) in [6.07, 6.45) is 0.189. The smallest absolute Gasteiger partial charge is 0.307 e. The third-order valence-electron chi connectivity index (χ3n) is 2.48. The molecule has 20 heavy (non-hydrogen) atoms. The van der Waals surface area contributed by atoms with Gasteiger partial charge in [-0.25, -0.2) is 4.98 Å². The third kappa shape index (κ3) is 4.21. The van der Waals surface area contributed by atoms with E-state index in [1.165, 1.54) is 18.9 Å². The maximum Gasteiger partial charge on any atom is 0.307 e. The molecule has 0 spiro atoms. The Morgan fingerprint density at radius 1 is 1.40 bits per heavy atom. The number of esters is 1. The molecule has 0 saturated heterocycles.